The van der Waals surface area contributed by atoms with Crippen molar-refractivity contribution < 1.29 is 9.53 Å². The Labute approximate surface area is 203 Å². The molecule has 2 heterocycles. The fourth-order valence-corrected chi connectivity index (χ4v) is 5.42. The molecule has 178 valence electrons. The second-order valence-corrected chi connectivity index (χ2v) is 11.0. The van der Waals surface area contributed by atoms with E-state index in [9.17, 15) is 4.79 Å². The van der Waals surface area contributed by atoms with Gasteiger partial charge in [-0.3, -0.25) is 9.78 Å². The first-order valence-electron chi connectivity index (χ1n) is 12.2. The van der Waals surface area contributed by atoms with Crippen LogP contribution in [0.25, 0.3) is 11.1 Å². The highest BCUT2D eigenvalue weighted by Crippen LogP contribution is 2.35. The van der Waals surface area contributed by atoms with E-state index in [0.717, 1.165) is 46.5 Å². The van der Waals surface area contributed by atoms with E-state index in [1.165, 1.54) is 0 Å². The van der Waals surface area contributed by atoms with Crippen molar-refractivity contribution in [1.29, 1.82) is 0 Å². The number of carbonyl (C=O) groups excluding carboxylic acids is 1. The number of nitrogens with one attached hydrogen (secondary N) is 1. The number of ketones is 1. The van der Waals surface area contributed by atoms with Crippen LogP contribution in [0.4, 0.5) is 0 Å². The van der Waals surface area contributed by atoms with Gasteiger partial charge in [-0.1, -0.05) is 42.5 Å². The summed E-state index contributed by atoms with van der Waals surface area (Å²) in [6.45, 7) is 11.4. The summed E-state index contributed by atoms with van der Waals surface area (Å²) in [6.07, 6.45) is 4.53. The fraction of sp³-hybridized carbons (Fsp3) is 0.400. The number of rotatable bonds is 7. The van der Waals surface area contributed by atoms with Gasteiger partial charge in [0.15, 0.2) is 5.78 Å². The van der Waals surface area contributed by atoms with Crippen molar-refractivity contribution in [2.45, 2.75) is 71.6 Å². The second-order valence-electron chi connectivity index (χ2n) is 11.0. The maximum absolute atomic E-state index is 13.0. The summed E-state index contributed by atoms with van der Waals surface area (Å²) < 4.78 is 6.03. The fourth-order valence-electron chi connectivity index (χ4n) is 5.42. The maximum Gasteiger partial charge on any atom is 0.163 e. The topological polar surface area (TPSA) is 51.2 Å². The minimum atomic E-state index is 0.0567. The van der Waals surface area contributed by atoms with Crippen LogP contribution < -0.4 is 10.1 Å². The predicted octanol–water partition coefficient (Wildman–Crippen LogP) is 6.77. The van der Waals surface area contributed by atoms with Crippen LogP contribution in [0.5, 0.6) is 5.75 Å². The molecule has 0 aliphatic carbocycles. The number of piperidine rings is 1. The lowest BCUT2D eigenvalue weighted by Crippen LogP contribution is -2.57. The number of hydrogen-bond acceptors (Lipinski definition) is 4. The van der Waals surface area contributed by atoms with Gasteiger partial charge in [0.25, 0.3) is 0 Å². The molecule has 1 saturated heterocycles. The molecule has 0 saturated carbocycles. The standard InChI is InChI=1S/C30H36N2O2/c1-21-9-12-26(19-31-21)25-7-6-8-27(16-25)34-20-22-10-13-24(14-11-22)28(33)15-23-17-29(2,3)32-30(4,5)18-23/h6-14,16,19,23,32H,15,17-18,20H2,1-5H3. The van der Waals surface area contributed by atoms with E-state index in [2.05, 4.69) is 50.1 Å². The molecular formula is C30H36N2O2. The Kier molecular flexibility index (Phi) is 6.90. The number of aromatic nitrogens is 1. The van der Waals surface area contributed by atoms with Crippen LogP contribution in [0, 0.1) is 12.8 Å². The summed E-state index contributed by atoms with van der Waals surface area (Å²) in [5.41, 5.74) is 5.09. The lowest BCUT2D eigenvalue weighted by atomic mass is 9.74. The molecule has 0 atom stereocenters. The molecule has 4 rings (SSSR count). The first-order valence-corrected chi connectivity index (χ1v) is 12.2. The van der Waals surface area contributed by atoms with Gasteiger partial charge in [-0.05, 0) is 82.7 Å². The average Bonchev–Trinajstić information content (AvgIpc) is 2.76. The number of hydrogen-bond donors (Lipinski definition) is 1. The molecule has 1 aromatic heterocycles. The van der Waals surface area contributed by atoms with Crippen molar-refractivity contribution in [2.75, 3.05) is 0 Å². The summed E-state index contributed by atoms with van der Waals surface area (Å²) in [5, 5.41) is 3.70. The van der Waals surface area contributed by atoms with Crippen LogP contribution in [0.2, 0.25) is 0 Å². The molecule has 4 heteroatoms. The van der Waals surface area contributed by atoms with Gasteiger partial charge < -0.3 is 10.1 Å². The van der Waals surface area contributed by atoms with Crippen LogP contribution in [0.15, 0.2) is 66.9 Å². The van der Waals surface area contributed by atoms with E-state index in [0.29, 0.717) is 18.9 Å². The first kappa shape index (κ1) is 24.2. The van der Waals surface area contributed by atoms with E-state index in [1.807, 2.05) is 61.7 Å². The quantitative estimate of drug-likeness (QED) is 0.399. The molecule has 0 spiro atoms. The van der Waals surface area contributed by atoms with Crippen LogP contribution >= 0.6 is 0 Å². The highest BCUT2D eigenvalue weighted by atomic mass is 16.5. The van der Waals surface area contributed by atoms with E-state index >= 15 is 0 Å². The molecule has 0 bridgehead atoms. The monoisotopic (exact) mass is 456 g/mol. The first-order chi connectivity index (χ1) is 16.1. The van der Waals surface area contributed by atoms with Crippen LogP contribution in [0.1, 0.15) is 68.6 Å². The summed E-state index contributed by atoms with van der Waals surface area (Å²) in [7, 11) is 0. The third kappa shape index (κ3) is 6.32. The summed E-state index contributed by atoms with van der Waals surface area (Å²) in [5.74, 6) is 1.44. The predicted molar refractivity (Wildman–Crippen MR) is 138 cm³/mol. The number of Topliss-reactive ketones (excluding diaryl/α,β-unsaturated/α-hetero) is 1. The molecule has 0 amide bonds. The minimum absolute atomic E-state index is 0.0567. The third-order valence-electron chi connectivity index (χ3n) is 6.51. The Balaban J connectivity index is 1.35. The normalized spacial score (nSPS) is 17.3. The van der Waals surface area contributed by atoms with E-state index < -0.39 is 0 Å². The van der Waals surface area contributed by atoms with Crippen molar-refractivity contribution in [1.82, 2.24) is 10.3 Å². The number of aryl methyl sites for hydroxylation is 1. The van der Waals surface area contributed by atoms with Gasteiger partial charge in [0.1, 0.15) is 12.4 Å². The smallest absolute Gasteiger partial charge is 0.163 e. The van der Waals surface area contributed by atoms with Gasteiger partial charge in [0.2, 0.25) is 0 Å². The molecule has 34 heavy (non-hydrogen) atoms. The van der Waals surface area contributed by atoms with Crippen LogP contribution in [-0.4, -0.2) is 21.8 Å². The Morgan fingerprint density at radius 3 is 2.32 bits per heavy atom. The van der Waals surface area contributed by atoms with Crippen molar-refractivity contribution in [3.05, 3.63) is 83.7 Å². The summed E-state index contributed by atoms with van der Waals surface area (Å²) >= 11 is 0. The van der Waals surface area contributed by atoms with Crippen molar-refractivity contribution in [2.24, 2.45) is 5.92 Å². The Morgan fingerprint density at radius 2 is 1.68 bits per heavy atom. The summed E-state index contributed by atoms with van der Waals surface area (Å²) in [6, 6.07) is 20.0. The highest BCUT2D eigenvalue weighted by molar-refractivity contribution is 5.96. The molecule has 1 N–H and O–H groups in total. The zero-order valence-corrected chi connectivity index (χ0v) is 21.0. The van der Waals surface area contributed by atoms with Crippen molar-refractivity contribution >= 4 is 5.78 Å². The van der Waals surface area contributed by atoms with Gasteiger partial charge in [0.05, 0.1) is 0 Å². The molecule has 1 aliphatic rings. The summed E-state index contributed by atoms with van der Waals surface area (Å²) in [4.78, 5) is 17.3. The molecule has 0 unspecified atom stereocenters. The highest BCUT2D eigenvalue weighted by Gasteiger charge is 2.38. The molecule has 0 radical (unpaired) electrons. The molecule has 1 fully saturated rings. The molecule has 3 aromatic rings. The minimum Gasteiger partial charge on any atom is -0.489 e. The average molecular weight is 457 g/mol. The SMILES string of the molecule is Cc1ccc(-c2cccc(OCc3ccc(C(=O)CC4CC(C)(C)NC(C)(C)C4)cc3)c2)cn1. The lowest BCUT2D eigenvalue weighted by molar-refractivity contribution is 0.0864. The number of ether oxygens (including phenoxy) is 1. The van der Waals surface area contributed by atoms with Crippen molar-refractivity contribution in [3.8, 4) is 16.9 Å². The zero-order valence-electron chi connectivity index (χ0n) is 21.0. The molecular weight excluding hydrogens is 420 g/mol. The van der Waals surface area contributed by atoms with E-state index in [-0.39, 0.29) is 16.9 Å². The van der Waals surface area contributed by atoms with Crippen LogP contribution in [-0.2, 0) is 6.61 Å². The largest absolute Gasteiger partial charge is 0.489 e. The van der Waals surface area contributed by atoms with Crippen LogP contribution in [0.3, 0.4) is 0 Å². The number of nitrogens with zero attached hydrogens (tertiary/aromatic N) is 1. The molecule has 1 aliphatic heterocycles. The van der Waals surface area contributed by atoms with Gasteiger partial charge >= 0.3 is 0 Å². The second kappa shape index (κ2) is 9.71. The Morgan fingerprint density at radius 1 is 0.971 bits per heavy atom. The van der Waals surface area contributed by atoms with Gasteiger partial charge in [-0.2, -0.15) is 0 Å². The van der Waals surface area contributed by atoms with Gasteiger partial charge in [-0.25, -0.2) is 0 Å². The van der Waals surface area contributed by atoms with Gasteiger partial charge in [-0.15, -0.1) is 0 Å². The Hall–Kier alpha value is -2.98. The van der Waals surface area contributed by atoms with E-state index in [4.69, 9.17) is 4.74 Å². The molecule has 4 nitrogen and oxygen atoms in total. The zero-order chi connectivity index (χ0) is 24.3. The Bertz CT molecular complexity index is 1120. The lowest BCUT2D eigenvalue weighted by Gasteiger charge is -2.46. The number of carbonyl (C=O) groups is 1. The third-order valence-corrected chi connectivity index (χ3v) is 6.51. The molecule has 2 aromatic carbocycles. The number of pyridine rings is 1. The van der Waals surface area contributed by atoms with Gasteiger partial charge in [0, 0.05) is 40.5 Å². The van der Waals surface area contributed by atoms with E-state index in [1.54, 1.807) is 0 Å². The maximum atomic E-state index is 13.0. The number of benzene rings is 2. The van der Waals surface area contributed by atoms with Crippen molar-refractivity contribution in [3.63, 3.8) is 0 Å².